The number of urea groups is 1. The topological polar surface area (TPSA) is 74.3 Å². The molecule has 0 aromatic carbocycles. The largest absolute Gasteiger partial charge is 0.434 e. The van der Waals surface area contributed by atoms with Crippen LogP contribution >= 0.6 is 11.3 Å². The first kappa shape index (κ1) is 16.5. The molecule has 1 fully saturated rings. The molecule has 2 rings (SSSR count). The second-order valence-electron chi connectivity index (χ2n) is 4.75. The average Bonchev–Trinajstić information content (AvgIpc) is 3.04. The second kappa shape index (κ2) is 6.95. The van der Waals surface area contributed by atoms with Gasteiger partial charge in [0, 0.05) is 31.4 Å². The van der Waals surface area contributed by atoms with E-state index in [1.807, 2.05) is 0 Å². The van der Waals surface area contributed by atoms with E-state index >= 15 is 0 Å². The molecule has 0 atom stereocenters. The van der Waals surface area contributed by atoms with Gasteiger partial charge in [0.05, 0.1) is 0 Å². The minimum absolute atomic E-state index is 0.112. The van der Waals surface area contributed by atoms with Crippen LogP contribution in [0.1, 0.15) is 25.0 Å². The molecule has 0 radical (unpaired) electrons. The van der Waals surface area contributed by atoms with Crippen LogP contribution in [0.5, 0.6) is 0 Å². The molecule has 1 saturated heterocycles. The van der Waals surface area contributed by atoms with Crippen LogP contribution in [0, 0.1) is 0 Å². The molecule has 22 heavy (non-hydrogen) atoms. The highest BCUT2D eigenvalue weighted by Crippen LogP contribution is 2.31. The molecule has 2 N–H and O–H groups in total. The van der Waals surface area contributed by atoms with Crippen LogP contribution < -0.4 is 10.6 Å². The highest BCUT2D eigenvalue weighted by molar-refractivity contribution is 7.13. The van der Waals surface area contributed by atoms with E-state index in [-0.39, 0.29) is 11.0 Å². The van der Waals surface area contributed by atoms with E-state index in [0.29, 0.717) is 37.3 Å². The fourth-order valence-electron chi connectivity index (χ4n) is 2.01. The number of carbonyl (C=O) groups is 2. The molecule has 122 valence electrons. The van der Waals surface area contributed by atoms with Gasteiger partial charge in [-0.3, -0.25) is 10.1 Å². The van der Waals surface area contributed by atoms with Gasteiger partial charge in [0.25, 0.3) is 0 Å². The summed E-state index contributed by atoms with van der Waals surface area (Å²) in [5.74, 6) is 0.118. The van der Waals surface area contributed by atoms with Crippen molar-refractivity contribution in [1.82, 2.24) is 15.2 Å². The number of anilines is 1. The van der Waals surface area contributed by atoms with Crippen molar-refractivity contribution >= 4 is 28.4 Å². The van der Waals surface area contributed by atoms with Crippen molar-refractivity contribution in [2.24, 2.45) is 0 Å². The Morgan fingerprint density at radius 2 is 2.23 bits per heavy atom. The predicted molar refractivity (Wildman–Crippen MR) is 74.6 cm³/mol. The minimum atomic E-state index is -4.52. The van der Waals surface area contributed by atoms with Crippen LogP contribution in [-0.4, -0.2) is 41.5 Å². The van der Waals surface area contributed by atoms with Crippen LogP contribution in [0.25, 0.3) is 0 Å². The van der Waals surface area contributed by atoms with E-state index in [1.54, 1.807) is 4.90 Å². The number of likely N-dealkylation sites (tertiary alicyclic amines) is 1. The summed E-state index contributed by atoms with van der Waals surface area (Å²) in [7, 11) is 0. The molecular formula is C12H15F3N4O2S. The SMILES string of the molecule is O=C(NCCCN1CCCC1=O)Nc1nc(C(F)(F)F)cs1. The van der Waals surface area contributed by atoms with Crippen molar-refractivity contribution < 1.29 is 22.8 Å². The molecule has 0 spiro atoms. The van der Waals surface area contributed by atoms with Crippen molar-refractivity contribution in [3.8, 4) is 0 Å². The van der Waals surface area contributed by atoms with Gasteiger partial charge in [0.2, 0.25) is 5.91 Å². The zero-order chi connectivity index (χ0) is 16.2. The Bertz CT molecular complexity index is 547. The summed E-state index contributed by atoms with van der Waals surface area (Å²) in [4.78, 5) is 27.9. The molecule has 1 aliphatic rings. The number of amides is 3. The molecule has 3 amide bonds. The lowest BCUT2D eigenvalue weighted by atomic mass is 10.4. The zero-order valence-electron chi connectivity index (χ0n) is 11.6. The van der Waals surface area contributed by atoms with Gasteiger partial charge in [-0.05, 0) is 12.8 Å². The number of aromatic nitrogens is 1. The number of hydrogen-bond acceptors (Lipinski definition) is 4. The minimum Gasteiger partial charge on any atom is -0.343 e. The lowest BCUT2D eigenvalue weighted by Gasteiger charge is -2.15. The average molecular weight is 336 g/mol. The van der Waals surface area contributed by atoms with Gasteiger partial charge in [0.15, 0.2) is 10.8 Å². The Labute approximate surface area is 128 Å². The molecule has 1 aliphatic heterocycles. The van der Waals surface area contributed by atoms with E-state index in [4.69, 9.17) is 0 Å². The number of carbonyl (C=O) groups excluding carboxylic acids is 2. The summed E-state index contributed by atoms with van der Waals surface area (Å²) in [5, 5.41) is 5.49. The number of thiazole rings is 1. The smallest absolute Gasteiger partial charge is 0.343 e. The van der Waals surface area contributed by atoms with Gasteiger partial charge >= 0.3 is 12.2 Å². The number of nitrogens with one attached hydrogen (secondary N) is 2. The summed E-state index contributed by atoms with van der Waals surface area (Å²) < 4.78 is 37.1. The normalized spacial score (nSPS) is 15.2. The van der Waals surface area contributed by atoms with Gasteiger partial charge in [-0.2, -0.15) is 13.2 Å². The zero-order valence-corrected chi connectivity index (χ0v) is 12.4. The molecule has 10 heteroatoms. The molecule has 0 aliphatic carbocycles. The molecule has 0 bridgehead atoms. The standard InChI is InChI=1S/C12H15F3N4O2S/c13-12(14,15)8-7-22-11(17-8)18-10(21)16-4-2-6-19-5-1-3-9(19)20/h7H,1-6H2,(H2,16,17,18,21). The number of nitrogens with zero attached hydrogens (tertiary/aromatic N) is 2. The van der Waals surface area contributed by atoms with Crippen molar-refractivity contribution in [3.05, 3.63) is 11.1 Å². The van der Waals surface area contributed by atoms with Gasteiger partial charge in [-0.25, -0.2) is 9.78 Å². The Balaban J connectivity index is 1.67. The number of halogens is 3. The molecular weight excluding hydrogens is 321 g/mol. The number of hydrogen-bond donors (Lipinski definition) is 2. The van der Waals surface area contributed by atoms with E-state index < -0.39 is 17.9 Å². The highest BCUT2D eigenvalue weighted by Gasteiger charge is 2.33. The molecule has 0 saturated carbocycles. The van der Waals surface area contributed by atoms with Crippen molar-refractivity contribution in [1.29, 1.82) is 0 Å². The quantitative estimate of drug-likeness (QED) is 0.810. The monoisotopic (exact) mass is 336 g/mol. The number of rotatable bonds is 5. The number of alkyl halides is 3. The third-order valence-electron chi connectivity index (χ3n) is 3.08. The van der Waals surface area contributed by atoms with Crippen LogP contribution in [-0.2, 0) is 11.0 Å². The molecule has 1 aromatic heterocycles. The summed E-state index contributed by atoms with van der Waals surface area (Å²) in [5.41, 5.74) is -1.03. The maximum Gasteiger partial charge on any atom is 0.434 e. The van der Waals surface area contributed by atoms with Gasteiger partial charge in [0.1, 0.15) is 0 Å². The maximum absolute atomic E-state index is 12.4. The summed E-state index contributed by atoms with van der Waals surface area (Å²) >= 11 is 0.709. The third kappa shape index (κ3) is 4.58. The predicted octanol–water partition coefficient (Wildman–Crippen LogP) is 2.30. The Morgan fingerprint density at radius 3 is 2.82 bits per heavy atom. The lowest BCUT2D eigenvalue weighted by molar-refractivity contribution is -0.140. The van der Waals surface area contributed by atoms with Crippen molar-refractivity contribution in [2.75, 3.05) is 25.0 Å². The second-order valence-corrected chi connectivity index (χ2v) is 5.61. The molecule has 6 nitrogen and oxygen atoms in total. The van der Waals surface area contributed by atoms with Crippen LogP contribution in [0.3, 0.4) is 0 Å². The van der Waals surface area contributed by atoms with Crippen LogP contribution in [0.15, 0.2) is 5.38 Å². The van der Waals surface area contributed by atoms with Crippen LogP contribution in [0.4, 0.5) is 23.1 Å². The van der Waals surface area contributed by atoms with E-state index in [9.17, 15) is 22.8 Å². The van der Waals surface area contributed by atoms with Crippen molar-refractivity contribution in [3.63, 3.8) is 0 Å². The first-order valence-corrected chi connectivity index (χ1v) is 7.59. The van der Waals surface area contributed by atoms with Gasteiger partial charge < -0.3 is 10.2 Å². The van der Waals surface area contributed by atoms with Gasteiger partial charge in [-0.1, -0.05) is 0 Å². The molecule has 0 unspecified atom stereocenters. The molecule has 1 aromatic rings. The first-order valence-electron chi connectivity index (χ1n) is 6.71. The summed E-state index contributed by atoms with van der Waals surface area (Å²) in [6, 6.07) is -0.615. The fraction of sp³-hybridized carbons (Fsp3) is 0.583. The first-order chi connectivity index (χ1) is 10.4. The van der Waals surface area contributed by atoms with Crippen molar-refractivity contribution in [2.45, 2.75) is 25.4 Å². The Kier molecular flexibility index (Phi) is 5.22. The summed E-state index contributed by atoms with van der Waals surface area (Å²) in [6.45, 7) is 1.63. The summed E-state index contributed by atoms with van der Waals surface area (Å²) in [6.07, 6.45) is -2.50. The van der Waals surface area contributed by atoms with E-state index in [0.717, 1.165) is 18.3 Å². The van der Waals surface area contributed by atoms with E-state index in [1.165, 1.54) is 0 Å². The van der Waals surface area contributed by atoms with Gasteiger partial charge in [-0.15, -0.1) is 11.3 Å². The molecule has 2 heterocycles. The lowest BCUT2D eigenvalue weighted by Crippen LogP contribution is -2.33. The van der Waals surface area contributed by atoms with E-state index in [2.05, 4.69) is 15.6 Å². The highest BCUT2D eigenvalue weighted by atomic mass is 32.1. The van der Waals surface area contributed by atoms with Crippen LogP contribution in [0.2, 0.25) is 0 Å². The Morgan fingerprint density at radius 1 is 1.45 bits per heavy atom. The third-order valence-corrected chi connectivity index (χ3v) is 3.83. The Hall–Kier alpha value is -1.84. The maximum atomic E-state index is 12.4. The fourth-order valence-corrected chi connectivity index (χ4v) is 2.73.